The van der Waals surface area contributed by atoms with Crippen molar-refractivity contribution >= 4 is 27.4 Å². The number of hydrogen-bond acceptors (Lipinski definition) is 5. The number of carbonyl (C=O) groups excluding carboxylic acids is 2. The summed E-state index contributed by atoms with van der Waals surface area (Å²) < 4.78 is 29.9. The molecule has 0 aliphatic heterocycles. The summed E-state index contributed by atoms with van der Waals surface area (Å²) in [6.07, 6.45) is 0.613. The summed E-state index contributed by atoms with van der Waals surface area (Å²) in [4.78, 5) is 24.1. The largest absolute Gasteiger partial charge is 0.459 e. The van der Waals surface area contributed by atoms with Gasteiger partial charge in [-0.05, 0) is 55.7 Å². The average molecular weight is 404 g/mol. The van der Waals surface area contributed by atoms with Gasteiger partial charge in [-0.2, -0.15) is 0 Å². The standard InChI is InChI=1S/C21H25NO5S/c1-4-16-8-10-19(11-9-16)22-20(23)14-28(25,26)13-17-6-5-7-18(12-17)21(24)27-15(2)3/h5-12,15H,4,13-14H2,1-3H3,(H,22,23). The number of amides is 1. The number of aryl methyl sites for hydroxylation is 1. The van der Waals surface area contributed by atoms with E-state index in [1.165, 1.54) is 6.07 Å². The van der Waals surface area contributed by atoms with Gasteiger partial charge in [-0.25, -0.2) is 13.2 Å². The molecule has 1 N–H and O–H groups in total. The Labute approximate surface area is 165 Å². The molecule has 0 bridgehead atoms. The maximum Gasteiger partial charge on any atom is 0.338 e. The van der Waals surface area contributed by atoms with Crippen LogP contribution >= 0.6 is 0 Å². The molecule has 0 spiro atoms. The van der Waals surface area contributed by atoms with Crippen LogP contribution in [-0.4, -0.2) is 32.2 Å². The molecular formula is C21H25NO5S. The third-order valence-electron chi connectivity index (χ3n) is 3.89. The van der Waals surface area contributed by atoms with Crippen LogP contribution in [0.3, 0.4) is 0 Å². The van der Waals surface area contributed by atoms with Gasteiger partial charge in [-0.15, -0.1) is 0 Å². The highest BCUT2D eigenvalue weighted by atomic mass is 32.2. The van der Waals surface area contributed by atoms with E-state index < -0.39 is 27.5 Å². The fourth-order valence-electron chi connectivity index (χ4n) is 2.60. The Morgan fingerprint density at radius 1 is 1.04 bits per heavy atom. The Balaban J connectivity index is 2.00. The molecule has 1 amide bonds. The van der Waals surface area contributed by atoms with Gasteiger partial charge in [0, 0.05) is 5.69 Å². The maximum atomic E-state index is 12.4. The van der Waals surface area contributed by atoms with Gasteiger partial charge in [0.05, 0.1) is 17.4 Å². The summed E-state index contributed by atoms with van der Waals surface area (Å²) in [5.41, 5.74) is 2.39. The minimum atomic E-state index is -3.70. The van der Waals surface area contributed by atoms with Crippen LogP contribution < -0.4 is 5.32 Å². The molecule has 2 aromatic carbocycles. The van der Waals surface area contributed by atoms with E-state index >= 15 is 0 Å². The first kappa shape index (κ1) is 21.6. The Morgan fingerprint density at radius 2 is 1.71 bits per heavy atom. The van der Waals surface area contributed by atoms with E-state index in [4.69, 9.17) is 4.74 Å². The van der Waals surface area contributed by atoms with Gasteiger partial charge in [0.2, 0.25) is 5.91 Å². The summed E-state index contributed by atoms with van der Waals surface area (Å²) in [6.45, 7) is 5.50. The maximum absolute atomic E-state index is 12.4. The van der Waals surface area contributed by atoms with E-state index in [2.05, 4.69) is 5.32 Å². The predicted octanol–water partition coefficient (Wildman–Crippen LogP) is 3.37. The van der Waals surface area contributed by atoms with Gasteiger partial charge in [0.1, 0.15) is 5.75 Å². The summed E-state index contributed by atoms with van der Waals surface area (Å²) >= 11 is 0. The van der Waals surface area contributed by atoms with Crippen molar-refractivity contribution in [3.05, 3.63) is 65.2 Å². The first-order chi connectivity index (χ1) is 13.2. The van der Waals surface area contributed by atoms with Crippen molar-refractivity contribution in [3.8, 4) is 0 Å². The van der Waals surface area contributed by atoms with Gasteiger partial charge in [-0.1, -0.05) is 31.2 Å². The average Bonchev–Trinajstić information content (AvgIpc) is 2.61. The smallest absolute Gasteiger partial charge is 0.338 e. The molecule has 0 aliphatic carbocycles. The van der Waals surface area contributed by atoms with Crippen LogP contribution in [0.4, 0.5) is 5.69 Å². The van der Waals surface area contributed by atoms with Crippen LogP contribution in [0.15, 0.2) is 48.5 Å². The molecule has 0 aromatic heterocycles. The zero-order valence-corrected chi connectivity index (χ0v) is 17.1. The van der Waals surface area contributed by atoms with E-state index in [9.17, 15) is 18.0 Å². The van der Waals surface area contributed by atoms with Crippen LogP contribution in [-0.2, 0) is 31.5 Å². The van der Waals surface area contributed by atoms with Crippen molar-refractivity contribution in [1.29, 1.82) is 0 Å². The van der Waals surface area contributed by atoms with Gasteiger partial charge in [0.25, 0.3) is 0 Å². The van der Waals surface area contributed by atoms with Crippen LogP contribution in [0.5, 0.6) is 0 Å². The number of sulfone groups is 1. The molecule has 7 heteroatoms. The number of benzene rings is 2. The Morgan fingerprint density at radius 3 is 2.32 bits per heavy atom. The van der Waals surface area contributed by atoms with E-state index in [1.54, 1.807) is 44.2 Å². The lowest BCUT2D eigenvalue weighted by molar-refractivity contribution is -0.113. The minimum absolute atomic E-state index is 0.269. The third kappa shape index (κ3) is 6.81. The zero-order chi connectivity index (χ0) is 20.7. The normalized spacial score (nSPS) is 11.3. The molecule has 0 radical (unpaired) electrons. The molecule has 2 aromatic rings. The number of nitrogens with one attached hydrogen (secondary N) is 1. The van der Waals surface area contributed by atoms with E-state index in [1.807, 2.05) is 19.1 Å². The number of ether oxygens (including phenoxy) is 1. The van der Waals surface area contributed by atoms with Crippen molar-refractivity contribution in [1.82, 2.24) is 0 Å². The number of hydrogen-bond donors (Lipinski definition) is 1. The lowest BCUT2D eigenvalue weighted by atomic mass is 10.1. The number of rotatable bonds is 8. The second-order valence-corrected chi connectivity index (χ2v) is 8.85. The summed E-state index contributed by atoms with van der Waals surface area (Å²) in [5.74, 6) is -2.08. The lowest BCUT2D eigenvalue weighted by Crippen LogP contribution is -2.24. The molecule has 2 rings (SSSR count). The molecule has 28 heavy (non-hydrogen) atoms. The molecule has 6 nitrogen and oxygen atoms in total. The summed E-state index contributed by atoms with van der Waals surface area (Å²) in [7, 11) is -3.70. The molecule has 0 saturated carbocycles. The predicted molar refractivity (Wildman–Crippen MR) is 109 cm³/mol. The third-order valence-corrected chi connectivity index (χ3v) is 5.36. The highest BCUT2D eigenvalue weighted by Crippen LogP contribution is 2.13. The molecule has 0 aliphatic rings. The van der Waals surface area contributed by atoms with Crippen molar-refractivity contribution in [3.63, 3.8) is 0 Å². The summed E-state index contributed by atoms with van der Waals surface area (Å²) in [5, 5.41) is 2.59. The molecule has 150 valence electrons. The topological polar surface area (TPSA) is 89.5 Å². The molecule has 0 heterocycles. The number of anilines is 1. The Hall–Kier alpha value is -2.67. The van der Waals surface area contributed by atoms with Gasteiger partial charge in [-0.3, -0.25) is 4.79 Å². The molecule has 0 atom stereocenters. The van der Waals surface area contributed by atoms with E-state index in [0.717, 1.165) is 12.0 Å². The highest BCUT2D eigenvalue weighted by Gasteiger charge is 2.19. The van der Waals surface area contributed by atoms with Crippen molar-refractivity contribution in [2.45, 2.75) is 39.0 Å². The van der Waals surface area contributed by atoms with Crippen LogP contribution in [0.1, 0.15) is 42.3 Å². The van der Waals surface area contributed by atoms with Crippen molar-refractivity contribution in [2.24, 2.45) is 0 Å². The highest BCUT2D eigenvalue weighted by molar-refractivity contribution is 7.91. The molecule has 0 unspecified atom stereocenters. The molecule has 0 saturated heterocycles. The second kappa shape index (κ2) is 9.50. The summed E-state index contributed by atoms with van der Waals surface area (Å²) in [6, 6.07) is 13.5. The Bertz CT molecular complexity index is 934. The van der Waals surface area contributed by atoms with Gasteiger partial charge in [0.15, 0.2) is 9.84 Å². The van der Waals surface area contributed by atoms with Gasteiger partial charge >= 0.3 is 5.97 Å². The quantitative estimate of drug-likeness (QED) is 0.683. The fourth-order valence-corrected chi connectivity index (χ4v) is 3.86. The van der Waals surface area contributed by atoms with Gasteiger partial charge < -0.3 is 10.1 Å². The van der Waals surface area contributed by atoms with Crippen LogP contribution in [0, 0.1) is 0 Å². The SMILES string of the molecule is CCc1ccc(NC(=O)CS(=O)(=O)Cc2cccc(C(=O)OC(C)C)c2)cc1. The number of carbonyl (C=O) groups is 2. The zero-order valence-electron chi connectivity index (χ0n) is 16.3. The molecule has 0 fully saturated rings. The lowest BCUT2D eigenvalue weighted by Gasteiger charge is -2.10. The monoisotopic (exact) mass is 403 g/mol. The van der Waals surface area contributed by atoms with Crippen LogP contribution in [0.25, 0.3) is 0 Å². The first-order valence-corrected chi connectivity index (χ1v) is 10.9. The van der Waals surface area contributed by atoms with Crippen molar-refractivity contribution < 1.29 is 22.7 Å². The molecular weight excluding hydrogens is 378 g/mol. The van der Waals surface area contributed by atoms with Crippen LogP contribution in [0.2, 0.25) is 0 Å². The first-order valence-electron chi connectivity index (χ1n) is 9.07. The second-order valence-electron chi connectivity index (χ2n) is 6.79. The van der Waals surface area contributed by atoms with Crippen molar-refractivity contribution in [2.75, 3.05) is 11.1 Å². The van der Waals surface area contributed by atoms with E-state index in [-0.39, 0.29) is 17.4 Å². The number of esters is 1. The fraction of sp³-hybridized carbons (Fsp3) is 0.333. The Kier molecular flexibility index (Phi) is 7.34. The minimum Gasteiger partial charge on any atom is -0.459 e. The van der Waals surface area contributed by atoms with E-state index in [0.29, 0.717) is 11.3 Å².